The molecule has 4 heterocycles. The lowest BCUT2D eigenvalue weighted by Gasteiger charge is -2.50. The van der Waals surface area contributed by atoms with Gasteiger partial charge in [-0.1, -0.05) is 6.07 Å². The fraction of sp³-hybridized carbons (Fsp3) is 0.571. The molecule has 4 rings (SSSR count). The first-order chi connectivity index (χ1) is 15.2. The Labute approximate surface area is 188 Å². The maximum absolute atomic E-state index is 10.6. The number of fused-ring (bicyclic) bond motifs is 1. The minimum Gasteiger partial charge on any atom is -0.477 e. The van der Waals surface area contributed by atoms with E-state index in [1.807, 2.05) is 23.7 Å². The number of nitrogens with zero attached hydrogens (tertiary/aromatic N) is 3. The van der Waals surface area contributed by atoms with E-state index in [0.29, 0.717) is 18.6 Å². The van der Waals surface area contributed by atoms with Gasteiger partial charge >= 0.3 is 12.1 Å². The van der Waals surface area contributed by atoms with Gasteiger partial charge in [-0.15, -0.1) is 11.3 Å². The molecule has 2 aliphatic heterocycles. The SMILES string of the molecule is Cc1ncsc1CN1CCC2OCCCC2(COc2ccccn2)C1.O=C(O)C(F)(F)F. The van der Waals surface area contributed by atoms with Crippen LogP contribution in [-0.4, -0.2) is 64.5 Å². The molecule has 2 aromatic rings. The maximum Gasteiger partial charge on any atom is 0.490 e. The lowest BCUT2D eigenvalue weighted by molar-refractivity contribution is -0.192. The molecule has 1 N–H and O–H groups in total. The smallest absolute Gasteiger partial charge is 0.477 e. The molecular formula is C21H26F3N3O4S. The topological polar surface area (TPSA) is 84.8 Å². The Morgan fingerprint density at radius 2 is 2.19 bits per heavy atom. The summed E-state index contributed by atoms with van der Waals surface area (Å²) in [7, 11) is 0. The van der Waals surface area contributed by atoms with Crippen LogP contribution < -0.4 is 4.74 Å². The minimum atomic E-state index is -5.08. The number of pyridine rings is 1. The molecule has 2 saturated heterocycles. The van der Waals surface area contributed by atoms with Gasteiger partial charge in [0, 0.05) is 48.8 Å². The molecule has 0 saturated carbocycles. The van der Waals surface area contributed by atoms with E-state index >= 15 is 0 Å². The number of alkyl halides is 3. The number of hydrogen-bond acceptors (Lipinski definition) is 7. The van der Waals surface area contributed by atoms with Crippen LogP contribution in [0, 0.1) is 12.3 Å². The van der Waals surface area contributed by atoms with Crippen molar-refractivity contribution in [3.8, 4) is 5.88 Å². The first-order valence-corrected chi connectivity index (χ1v) is 11.1. The maximum atomic E-state index is 10.6. The van der Waals surface area contributed by atoms with Gasteiger partial charge in [0.2, 0.25) is 5.88 Å². The zero-order valence-electron chi connectivity index (χ0n) is 17.7. The summed E-state index contributed by atoms with van der Waals surface area (Å²) in [5.41, 5.74) is 3.17. The van der Waals surface area contributed by atoms with E-state index < -0.39 is 12.1 Å². The quantitative estimate of drug-likeness (QED) is 0.704. The van der Waals surface area contributed by atoms with E-state index in [9.17, 15) is 13.2 Å². The van der Waals surface area contributed by atoms with E-state index in [2.05, 4.69) is 21.8 Å². The molecule has 0 bridgehead atoms. The number of aromatic nitrogens is 2. The number of aliphatic carboxylic acids is 1. The number of carboxylic acids is 1. The third-order valence-corrected chi connectivity index (χ3v) is 6.59. The van der Waals surface area contributed by atoms with E-state index in [4.69, 9.17) is 19.4 Å². The lowest BCUT2D eigenvalue weighted by atomic mass is 9.73. The molecule has 0 spiro atoms. The number of ether oxygens (including phenoxy) is 2. The molecule has 2 unspecified atom stereocenters. The summed E-state index contributed by atoms with van der Waals surface area (Å²) in [6.07, 6.45) is 0.326. The number of rotatable bonds is 5. The number of carboxylic acid groups (broad SMARTS) is 1. The van der Waals surface area contributed by atoms with Crippen LogP contribution in [0.3, 0.4) is 0 Å². The van der Waals surface area contributed by atoms with Gasteiger partial charge in [-0.2, -0.15) is 13.2 Å². The normalized spacial score (nSPS) is 23.6. The number of hydrogen-bond donors (Lipinski definition) is 1. The van der Waals surface area contributed by atoms with Crippen LogP contribution >= 0.6 is 11.3 Å². The van der Waals surface area contributed by atoms with Crippen LogP contribution in [-0.2, 0) is 16.1 Å². The van der Waals surface area contributed by atoms with Crippen molar-refractivity contribution in [3.63, 3.8) is 0 Å². The number of halogens is 3. The number of likely N-dealkylation sites (tertiary alicyclic amines) is 1. The van der Waals surface area contributed by atoms with Crippen molar-refractivity contribution in [1.29, 1.82) is 0 Å². The Morgan fingerprint density at radius 3 is 2.81 bits per heavy atom. The Bertz CT molecular complexity index is 881. The van der Waals surface area contributed by atoms with Crippen LogP contribution in [0.2, 0.25) is 0 Å². The molecule has 2 aromatic heterocycles. The highest BCUT2D eigenvalue weighted by molar-refractivity contribution is 7.09. The standard InChI is InChI=1S/C19H25N3O2S.C2HF3O2/c1-15-16(25-14-21-15)11-22-9-6-17-19(12-22,7-4-10-23-17)13-24-18-5-2-3-8-20-18;3-2(4,5)1(6)7/h2-3,5,8,14,17H,4,6-7,9-13H2,1H3;(H,6,7). The molecule has 32 heavy (non-hydrogen) atoms. The van der Waals surface area contributed by atoms with Crippen LogP contribution in [0.15, 0.2) is 29.9 Å². The fourth-order valence-electron chi connectivity index (χ4n) is 4.06. The second-order valence-corrected chi connectivity index (χ2v) is 8.88. The summed E-state index contributed by atoms with van der Waals surface area (Å²) < 4.78 is 44.0. The highest BCUT2D eigenvalue weighted by Gasteiger charge is 2.46. The van der Waals surface area contributed by atoms with Gasteiger partial charge in [-0.25, -0.2) is 14.8 Å². The Morgan fingerprint density at radius 1 is 1.41 bits per heavy atom. The van der Waals surface area contributed by atoms with Crippen molar-refractivity contribution in [3.05, 3.63) is 40.5 Å². The van der Waals surface area contributed by atoms with Crippen LogP contribution in [0.4, 0.5) is 13.2 Å². The van der Waals surface area contributed by atoms with Gasteiger partial charge in [-0.3, -0.25) is 4.90 Å². The van der Waals surface area contributed by atoms with Gasteiger partial charge < -0.3 is 14.6 Å². The molecule has 0 amide bonds. The second kappa shape index (κ2) is 10.6. The van der Waals surface area contributed by atoms with E-state index in [1.54, 1.807) is 17.5 Å². The molecule has 0 aliphatic carbocycles. The molecule has 0 radical (unpaired) electrons. The largest absolute Gasteiger partial charge is 0.490 e. The number of thiazole rings is 1. The highest BCUT2D eigenvalue weighted by Crippen LogP contribution is 2.41. The van der Waals surface area contributed by atoms with Crippen molar-refractivity contribution >= 4 is 17.3 Å². The lowest BCUT2D eigenvalue weighted by Crippen LogP contribution is -2.57. The molecule has 176 valence electrons. The Hall–Kier alpha value is -2.24. The minimum absolute atomic E-state index is 0.0621. The third-order valence-electron chi connectivity index (χ3n) is 5.67. The summed E-state index contributed by atoms with van der Waals surface area (Å²) >= 11 is 1.76. The van der Waals surface area contributed by atoms with E-state index in [0.717, 1.165) is 51.2 Å². The van der Waals surface area contributed by atoms with Gasteiger partial charge in [0.1, 0.15) is 0 Å². The predicted molar refractivity (Wildman–Crippen MR) is 112 cm³/mol. The molecule has 0 aromatic carbocycles. The summed E-state index contributed by atoms with van der Waals surface area (Å²) in [5.74, 6) is -2.05. The Kier molecular flexibility index (Phi) is 8.07. The molecule has 2 fully saturated rings. The van der Waals surface area contributed by atoms with Crippen LogP contribution in [0.5, 0.6) is 5.88 Å². The number of aryl methyl sites for hydroxylation is 1. The first kappa shape index (κ1) is 24.4. The fourth-order valence-corrected chi connectivity index (χ4v) is 4.88. The van der Waals surface area contributed by atoms with Gasteiger partial charge in [0.25, 0.3) is 0 Å². The predicted octanol–water partition coefficient (Wildman–Crippen LogP) is 3.93. The molecule has 11 heteroatoms. The van der Waals surface area contributed by atoms with Crippen molar-refractivity contribution in [2.45, 2.75) is 45.0 Å². The first-order valence-electron chi connectivity index (χ1n) is 10.3. The van der Waals surface area contributed by atoms with Crippen LogP contribution in [0.25, 0.3) is 0 Å². The average Bonchev–Trinajstić information content (AvgIpc) is 3.17. The van der Waals surface area contributed by atoms with Gasteiger partial charge in [0.05, 0.1) is 23.9 Å². The summed E-state index contributed by atoms with van der Waals surface area (Å²) in [6.45, 7) is 6.73. The Balaban J connectivity index is 0.000000360. The second-order valence-electron chi connectivity index (χ2n) is 7.95. The zero-order chi connectivity index (χ0) is 23.2. The monoisotopic (exact) mass is 473 g/mol. The average molecular weight is 474 g/mol. The van der Waals surface area contributed by atoms with Crippen molar-refractivity contribution in [2.24, 2.45) is 5.41 Å². The van der Waals surface area contributed by atoms with Crippen molar-refractivity contribution in [1.82, 2.24) is 14.9 Å². The van der Waals surface area contributed by atoms with E-state index in [-0.39, 0.29) is 5.41 Å². The molecule has 2 aliphatic rings. The van der Waals surface area contributed by atoms with Crippen LogP contribution in [0.1, 0.15) is 29.8 Å². The summed E-state index contributed by atoms with van der Waals surface area (Å²) in [4.78, 5) is 21.5. The molecule has 7 nitrogen and oxygen atoms in total. The van der Waals surface area contributed by atoms with E-state index in [1.165, 1.54) is 4.88 Å². The third kappa shape index (κ3) is 6.39. The van der Waals surface area contributed by atoms with Gasteiger partial charge in [0.15, 0.2) is 0 Å². The molecular weight excluding hydrogens is 447 g/mol. The zero-order valence-corrected chi connectivity index (χ0v) is 18.5. The van der Waals surface area contributed by atoms with Crippen molar-refractivity contribution in [2.75, 3.05) is 26.3 Å². The van der Waals surface area contributed by atoms with Crippen molar-refractivity contribution < 1.29 is 32.5 Å². The molecule has 2 atom stereocenters. The highest BCUT2D eigenvalue weighted by atomic mass is 32.1. The summed E-state index contributed by atoms with van der Waals surface area (Å²) in [6, 6.07) is 5.81. The number of piperidine rings is 1. The number of carbonyl (C=O) groups is 1. The van der Waals surface area contributed by atoms with Gasteiger partial charge in [-0.05, 0) is 32.3 Å². The summed E-state index contributed by atoms with van der Waals surface area (Å²) in [5, 5.41) is 7.12.